The van der Waals surface area contributed by atoms with Gasteiger partial charge in [0.25, 0.3) is 0 Å². The van der Waals surface area contributed by atoms with Crippen LogP contribution in [0.25, 0.3) is 5.57 Å². The van der Waals surface area contributed by atoms with E-state index in [0.29, 0.717) is 5.41 Å². The lowest BCUT2D eigenvalue weighted by atomic mass is 9.76. The third kappa shape index (κ3) is 1.86. The van der Waals surface area contributed by atoms with E-state index in [1.54, 1.807) is 16.7 Å². The summed E-state index contributed by atoms with van der Waals surface area (Å²) in [6.45, 7) is 14.0. The van der Waals surface area contributed by atoms with Gasteiger partial charge in [-0.15, -0.1) is 11.3 Å². The van der Waals surface area contributed by atoms with E-state index in [2.05, 4.69) is 53.0 Å². The van der Waals surface area contributed by atoms with Gasteiger partial charge in [0.2, 0.25) is 0 Å². The first-order valence-corrected chi connectivity index (χ1v) is 6.90. The number of fused-ring (bicyclic) bond motifs is 1. The Morgan fingerprint density at radius 3 is 2.12 bits per heavy atom. The minimum absolute atomic E-state index is 0.263. The predicted molar refractivity (Wildman–Crippen MR) is 73.9 cm³/mol. The van der Waals surface area contributed by atoms with Gasteiger partial charge in [0, 0.05) is 4.88 Å². The normalized spacial score (nSPS) is 16.9. The fraction of sp³-hybridized carbons (Fsp3) is 0.600. The summed E-state index contributed by atoms with van der Waals surface area (Å²) < 4.78 is 0. The molecule has 0 bridgehead atoms. The second-order valence-electron chi connectivity index (χ2n) is 6.81. The van der Waals surface area contributed by atoms with Crippen LogP contribution in [0, 0.1) is 10.8 Å². The highest BCUT2D eigenvalue weighted by molar-refractivity contribution is 7.11. The highest BCUT2D eigenvalue weighted by Gasteiger charge is 2.35. The second-order valence-corrected chi connectivity index (χ2v) is 7.72. The molecule has 0 fully saturated rings. The highest BCUT2D eigenvalue weighted by Crippen LogP contribution is 2.50. The van der Waals surface area contributed by atoms with Crippen molar-refractivity contribution in [2.45, 2.75) is 48.0 Å². The summed E-state index contributed by atoms with van der Waals surface area (Å²) in [6, 6.07) is 2.30. The quantitative estimate of drug-likeness (QED) is 0.582. The van der Waals surface area contributed by atoms with Crippen molar-refractivity contribution in [3.63, 3.8) is 0 Å². The van der Waals surface area contributed by atoms with Crippen LogP contribution in [0.2, 0.25) is 0 Å². The third-order valence-corrected chi connectivity index (χ3v) is 4.27. The van der Waals surface area contributed by atoms with E-state index in [4.69, 9.17) is 0 Å². The van der Waals surface area contributed by atoms with Gasteiger partial charge in [0.05, 0.1) is 0 Å². The SMILES string of the molecule is CC(C)(C)C1=C(C(C)(C)C)c2sccc2C1. The molecule has 1 aromatic rings. The van der Waals surface area contributed by atoms with E-state index in [1.807, 2.05) is 11.3 Å². The molecule has 0 N–H and O–H groups in total. The van der Waals surface area contributed by atoms with Gasteiger partial charge in [-0.2, -0.15) is 0 Å². The lowest BCUT2D eigenvalue weighted by Crippen LogP contribution is -2.16. The molecule has 0 unspecified atom stereocenters. The van der Waals surface area contributed by atoms with Gasteiger partial charge in [-0.05, 0) is 39.8 Å². The molecule has 0 aliphatic heterocycles. The number of hydrogen-bond donors (Lipinski definition) is 0. The van der Waals surface area contributed by atoms with Crippen molar-refractivity contribution in [1.29, 1.82) is 0 Å². The summed E-state index contributed by atoms with van der Waals surface area (Å²) in [4.78, 5) is 1.54. The third-order valence-electron chi connectivity index (χ3n) is 3.30. The topological polar surface area (TPSA) is 0 Å². The molecule has 0 saturated heterocycles. The summed E-state index contributed by atoms with van der Waals surface area (Å²) in [5, 5.41) is 2.23. The Hall–Kier alpha value is -0.560. The monoisotopic (exact) mass is 234 g/mol. The molecule has 0 saturated carbocycles. The molecule has 1 aromatic heterocycles. The molecule has 88 valence electrons. The Bertz CT molecular complexity index is 433. The van der Waals surface area contributed by atoms with Crippen molar-refractivity contribution in [3.8, 4) is 0 Å². The maximum atomic E-state index is 2.34. The fourth-order valence-corrected chi connectivity index (χ4v) is 3.75. The Labute approximate surface area is 103 Å². The Morgan fingerprint density at radius 2 is 1.62 bits per heavy atom. The molecule has 0 spiro atoms. The van der Waals surface area contributed by atoms with Crippen molar-refractivity contribution in [2.24, 2.45) is 10.8 Å². The van der Waals surface area contributed by atoms with Crippen LogP contribution in [0.1, 0.15) is 52.0 Å². The Kier molecular flexibility index (Phi) is 2.58. The molecule has 0 radical (unpaired) electrons. The molecular formula is C15H22S. The zero-order valence-corrected chi connectivity index (χ0v) is 12.1. The van der Waals surface area contributed by atoms with Crippen molar-refractivity contribution in [1.82, 2.24) is 0 Å². The van der Waals surface area contributed by atoms with E-state index in [0.717, 1.165) is 6.42 Å². The molecule has 1 aliphatic rings. The second kappa shape index (κ2) is 3.46. The first-order valence-electron chi connectivity index (χ1n) is 6.02. The van der Waals surface area contributed by atoms with Gasteiger partial charge in [-0.1, -0.05) is 47.1 Å². The van der Waals surface area contributed by atoms with E-state index in [9.17, 15) is 0 Å². The molecule has 16 heavy (non-hydrogen) atoms. The van der Waals surface area contributed by atoms with Crippen LogP contribution in [0.4, 0.5) is 0 Å². The van der Waals surface area contributed by atoms with Gasteiger partial charge in [0.15, 0.2) is 0 Å². The summed E-state index contributed by atoms with van der Waals surface area (Å²) >= 11 is 1.91. The summed E-state index contributed by atoms with van der Waals surface area (Å²) in [5.41, 5.74) is 5.34. The number of thiophene rings is 1. The summed E-state index contributed by atoms with van der Waals surface area (Å²) in [6.07, 6.45) is 1.16. The van der Waals surface area contributed by atoms with Crippen LogP contribution in [0.5, 0.6) is 0 Å². The Morgan fingerprint density at radius 1 is 1.00 bits per heavy atom. The zero-order valence-electron chi connectivity index (χ0n) is 11.3. The molecule has 0 atom stereocenters. The molecular weight excluding hydrogens is 212 g/mol. The molecule has 0 amide bonds. The smallest absolute Gasteiger partial charge is 0.0342 e. The summed E-state index contributed by atoms with van der Waals surface area (Å²) in [7, 11) is 0. The average molecular weight is 234 g/mol. The lowest BCUT2D eigenvalue weighted by Gasteiger charge is -2.29. The molecule has 1 heterocycles. The maximum absolute atomic E-state index is 2.34. The van der Waals surface area contributed by atoms with Crippen LogP contribution in [-0.2, 0) is 6.42 Å². The standard InChI is InChI=1S/C15H22S/c1-14(2,3)11-9-10-7-8-16-13(10)12(11)15(4,5)6/h7-8H,9H2,1-6H3. The van der Waals surface area contributed by atoms with E-state index in [1.165, 1.54) is 4.88 Å². The van der Waals surface area contributed by atoms with E-state index < -0.39 is 0 Å². The van der Waals surface area contributed by atoms with Gasteiger partial charge < -0.3 is 0 Å². The first kappa shape index (κ1) is 11.9. The van der Waals surface area contributed by atoms with Crippen LogP contribution in [0.3, 0.4) is 0 Å². The lowest BCUT2D eigenvalue weighted by molar-refractivity contribution is 0.479. The van der Waals surface area contributed by atoms with Gasteiger partial charge in [0.1, 0.15) is 0 Å². The molecule has 1 heteroatoms. The number of allylic oxidation sites excluding steroid dienone is 2. The fourth-order valence-electron chi connectivity index (χ4n) is 2.54. The van der Waals surface area contributed by atoms with E-state index >= 15 is 0 Å². The van der Waals surface area contributed by atoms with Crippen molar-refractivity contribution >= 4 is 16.9 Å². The van der Waals surface area contributed by atoms with Crippen molar-refractivity contribution < 1.29 is 0 Å². The minimum Gasteiger partial charge on any atom is -0.144 e. The van der Waals surface area contributed by atoms with Crippen LogP contribution >= 0.6 is 11.3 Å². The number of rotatable bonds is 0. The van der Waals surface area contributed by atoms with Gasteiger partial charge in [-0.3, -0.25) is 0 Å². The van der Waals surface area contributed by atoms with Crippen LogP contribution < -0.4 is 0 Å². The van der Waals surface area contributed by atoms with E-state index in [-0.39, 0.29) is 5.41 Å². The molecule has 0 aromatic carbocycles. The predicted octanol–water partition coefficient (Wildman–Crippen LogP) is 5.15. The molecule has 1 aliphatic carbocycles. The molecule has 2 rings (SSSR count). The number of hydrogen-bond acceptors (Lipinski definition) is 1. The van der Waals surface area contributed by atoms with Gasteiger partial charge >= 0.3 is 0 Å². The van der Waals surface area contributed by atoms with Crippen LogP contribution in [0.15, 0.2) is 17.0 Å². The maximum Gasteiger partial charge on any atom is 0.0342 e. The van der Waals surface area contributed by atoms with Crippen LogP contribution in [-0.4, -0.2) is 0 Å². The first-order chi connectivity index (χ1) is 7.21. The summed E-state index contributed by atoms with van der Waals surface area (Å²) in [5.74, 6) is 0. The zero-order chi connectivity index (χ0) is 12.1. The minimum atomic E-state index is 0.263. The van der Waals surface area contributed by atoms with Crippen molar-refractivity contribution in [2.75, 3.05) is 0 Å². The van der Waals surface area contributed by atoms with Gasteiger partial charge in [-0.25, -0.2) is 0 Å². The Balaban J connectivity index is 2.61. The van der Waals surface area contributed by atoms with Crippen molar-refractivity contribution in [3.05, 3.63) is 27.5 Å². The molecule has 0 nitrogen and oxygen atoms in total. The largest absolute Gasteiger partial charge is 0.144 e. The highest BCUT2D eigenvalue weighted by atomic mass is 32.1. The average Bonchev–Trinajstić information content (AvgIpc) is 2.53.